The normalized spacial score (nSPS) is 11.5. The van der Waals surface area contributed by atoms with Gasteiger partial charge in [-0.15, -0.1) is 0 Å². The average molecular weight is 345 g/mol. The zero-order valence-corrected chi connectivity index (χ0v) is 14.9. The standard InChI is InChI=1S/C14H23NO7Si/c1-18-13-6-7-14(15(16)17)12(10-13)11-22-8-5-9-23(19-2,20-3)21-4/h6-7,10H,5,8-9,11H2,1-4H3. The molecule has 0 N–H and O–H groups in total. The monoisotopic (exact) mass is 345 g/mol. The van der Waals surface area contributed by atoms with Crippen LogP contribution in [0.25, 0.3) is 0 Å². The van der Waals surface area contributed by atoms with E-state index in [1.165, 1.54) is 13.2 Å². The second kappa shape index (κ2) is 9.58. The maximum Gasteiger partial charge on any atom is 0.500 e. The predicted molar refractivity (Wildman–Crippen MR) is 85.5 cm³/mol. The molecule has 0 unspecified atom stereocenters. The van der Waals surface area contributed by atoms with Gasteiger partial charge in [0.25, 0.3) is 5.69 Å². The van der Waals surface area contributed by atoms with Gasteiger partial charge in [-0.1, -0.05) is 0 Å². The van der Waals surface area contributed by atoms with Gasteiger partial charge in [0.05, 0.1) is 24.2 Å². The Balaban J connectivity index is 2.54. The summed E-state index contributed by atoms with van der Waals surface area (Å²) in [4.78, 5) is 10.6. The fraction of sp³-hybridized carbons (Fsp3) is 0.571. The lowest BCUT2D eigenvalue weighted by molar-refractivity contribution is -0.386. The molecule has 0 bridgehead atoms. The van der Waals surface area contributed by atoms with Crippen LogP contribution in [0, 0.1) is 10.1 Å². The summed E-state index contributed by atoms with van der Waals surface area (Å²) >= 11 is 0. The molecule has 0 aliphatic heterocycles. The Morgan fingerprint density at radius 2 is 1.78 bits per heavy atom. The van der Waals surface area contributed by atoms with Crippen LogP contribution in [-0.4, -0.2) is 48.8 Å². The second-order valence-corrected chi connectivity index (χ2v) is 7.79. The van der Waals surface area contributed by atoms with Crippen molar-refractivity contribution in [3.8, 4) is 5.75 Å². The van der Waals surface area contributed by atoms with Crippen LogP contribution < -0.4 is 4.74 Å². The maximum atomic E-state index is 11.0. The Morgan fingerprint density at radius 3 is 2.30 bits per heavy atom. The first-order valence-electron chi connectivity index (χ1n) is 7.06. The van der Waals surface area contributed by atoms with E-state index in [2.05, 4.69) is 0 Å². The summed E-state index contributed by atoms with van der Waals surface area (Å²) in [6.45, 7) is 0.550. The van der Waals surface area contributed by atoms with Crippen LogP contribution in [0.15, 0.2) is 18.2 Å². The molecule has 130 valence electrons. The number of benzene rings is 1. The molecule has 9 heteroatoms. The Bertz CT molecular complexity index is 500. The van der Waals surface area contributed by atoms with Crippen LogP contribution in [0.4, 0.5) is 5.69 Å². The molecule has 0 aliphatic rings. The van der Waals surface area contributed by atoms with Gasteiger partial charge in [-0.3, -0.25) is 10.1 Å². The van der Waals surface area contributed by atoms with Crippen molar-refractivity contribution < 1.29 is 27.7 Å². The van der Waals surface area contributed by atoms with Crippen LogP contribution >= 0.6 is 0 Å². The summed E-state index contributed by atoms with van der Waals surface area (Å²) in [6.07, 6.45) is 0.666. The van der Waals surface area contributed by atoms with Gasteiger partial charge >= 0.3 is 8.80 Å². The highest BCUT2D eigenvalue weighted by atomic mass is 28.4. The van der Waals surface area contributed by atoms with Crippen LogP contribution in [0.1, 0.15) is 12.0 Å². The van der Waals surface area contributed by atoms with E-state index in [0.717, 1.165) is 0 Å². The largest absolute Gasteiger partial charge is 0.500 e. The molecule has 1 aromatic rings. The molecule has 0 atom stereocenters. The summed E-state index contributed by atoms with van der Waals surface area (Å²) in [5, 5.41) is 11.0. The number of nitrogens with zero attached hydrogens (tertiary/aromatic N) is 1. The van der Waals surface area contributed by atoms with Crippen molar-refractivity contribution in [3.63, 3.8) is 0 Å². The minimum atomic E-state index is -2.60. The van der Waals surface area contributed by atoms with Crippen LogP contribution in [0.5, 0.6) is 5.75 Å². The van der Waals surface area contributed by atoms with Crippen molar-refractivity contribution in [1.29, 1.82) is 0 Å². The maximum absolute atomic E-state index is 11.0. The predicted octanol–water partition coefficient (Wildman–Crippen LogP) is 2.39. The highest BCUT2D eigenvalue weighted by Gasteiger charge is 2.36. The fourth-order valence-corrected chi connectivity index (χ4v) is 3.80. The van der Waals surface area contributed by atoms with E-state index in [0.29, 0.717) is 30.4 Å². The van der Waals surface area contributed by atoms with Crippen molar-refractivity contribution in [2.75, 3.05) is 35.0 Å². The van der Waals surface area contributed by atoms with E-state index in [1.54, 1.807) is 33.5 Å². The van der Waals surface area contributed by atoms with E-state index in [9.17, 15) is 10.1 Å². The van der Waals surface area contributed by atoms with Crippen molar-refractivity contribution in [2.24, 2.45) is 0 Å². The molecule has 0 heterocycles. The zero-order valence-electron chi connectivity index (χ0n) is 13.9. The lowest BCUT2D eigenvalue weighted by Crippen LogP contribution is -2.42. The van der Waals surface area contributed by atoms with Crippen molar-refractivity contribution in [3.05, 3.63) is 33.9 Å². The van der Waals surface area contributed by atoms with Gasteiger partial charge in [-0.05, 0) is 18.6 Å². The molecule has 0 aromatic heterocycles. The third-order valence-electron chi connectivity index (χ3n) is 3.45. The van der Waals surface area contributed by atoms with E-state index >= 15 is 0 Å². The topological polar surface area (TPSA) is 89.3 Å². The van der Waals surface area contributed by atoms with Crippen molar-refractivity contribution in [2.45, 2.75) is 19.1 Å². The second-order valence-electron chi connectivity index (χ2n) is 4.70. The summed E-state index contributed by atoms with van der Waals surface area (Å²) in [5.41, 5.74) is 0.489. The van der Waals surface area contributed by atoms with Gasteiger partial charge in [-0.25, -0.2) is 0 Å². The molecule has 0 saturated heterocycles. The molecule has 0 aliphatic carbocycles. The lowest BCUT2D eigenvalue weighted by atomic mass is 10.2. The summed E-state index contributed by atoms with van der Waals surface area (Å²) in [5.74, 6) is 0.554. The van der Waals surface area contributed by atoms with Gasteiger partial charge in [0.1, 0.15) is 5.75 Å². The average Bonchev–Trinajstić information content (AvgIpc) is 2.58. The lowest BCUT2D eigenvalue weighted by Gasteiger charge is -2.24. The van der Waals surface area contributed by atoms with Crippen molar-refractivity contribution in [1.82, 2.24) is 0 Å². The molecule has 0 fully saturated rings. The van der Waals surface area contributed by atoms with Gasteiger partial charge < -0.3 is 22.8 Å². The smallest absolute Gasteiger partial charge is 0.497 e. The molecule has 1 rings (SSSR count). The Hall–Kier alpha value is -1.52. The minimum absolute atomic E-state index is 0.0141. The van der Waals surface area contributed by atoms with E-state index in [-0.39, 0.29) is 12.3 Å². The highest BCUT2D eigenvalue weighted by molar-refractivity contribution is 6.60. The number of hydrogen-bond acceptors (Lipinski definition) is 7. The first-order valence-corrected chi connectivity index (χ1v) is 8.99. The third kappa shape index (κ3) is 5.55. The molecular weight excluding hydrogens is 322 g/mol. The summed E-state index contributed by atoms with van der Waals surface area (Å²) in [7, 11) is 3.58. The molecule has 0 radical (unpaired) electrons. The first-order chi connectivity index (χ1) is 11.0. The SMILES string of the molecule is COc1ccc([N+](=O)[O-])c(COCCC[Si](OC)(OC)OC)c1. The first kappa shape index (κ1) is 19.5. The molecule has 0 spiro atoms. The summed E-state index contributed by atoms with van der Waals surface area (Å²) < 4.78 is 26.6. The number of ether oxygens (including phenoxy) is 2. The van der Waals surface area contributed by atoms with Crippen LogP contribution in [0.2, 0.25) is 6.04 Å². The Morgan fingerprint density at radius 1 is 1.13 bits per heavy atom. The zero-order chi connectivity index (χ0) is 17.3. The van der Waals surface area contributed by atoms with Gasteiger partial charge in [-0.2, -0.15) is 0 Å². The van der Waals surface area contributed by atoms with Gasteiger partial charge in [0.2, 0.25) is 0 Å². The van der Waals surface area contributed by atoms with E-state index in [1.807, 2.05) is 0 Å². The number of nitro benzene ring substituents is 1. The quantitative estimate of drug-likeness (QED) is 0.263. The molecule has 0 amide bonds. The molecule has 1 aromatic carbocycles. The number of hydrogen-bond donors (Lipinski definition) is 0. The Kier molecular flexibility index (Phi) is 8.13. The molecule has 0 saturated carbocycles. The number of rotatable bonds is 11. The number of methoxy groups -OCH3 is 1. The fourth-order valence-electron chi connectivity index (χ4n) is 2.11. The van der Waals surface area contributed by atoms with Crippen molar-refractivity contribution >= 4 is 14.5 Å². The van der Waals surface area contributed by atoms with E-state index in [4.69, 9.17) is 22.8 Å². The third-order valence-corrected chi connectivity index (χ3v) is 6.28. The summed E-state index contributed by atoms with van der Waals surface area (Å²) in [6, 6.07) is 5.18. The van der Waals surface area contributed by atoms with E-state index < -0.39 is 13.7 Å². The highest BCUT2D eigenvalue weighted by Crippen LogP contribution is 2.25. The van der Waals surface area contributed by atoms with Gasteiger partial charge in [0, 0.05) is 40.0 Å². The van der Waals surface area contributed by atoms with Crippen LogP contribution in [-0.2, 0) is 24.6 Å². The Labute approximate surface area is 136 Å². The van der Waals surface area contributed by atoms with Crippen LogP contribution in [0.3, 0.4) is 0 Å². The molecule has 8 nitrogen and oxygen atoms in total. The van der Waals surface area contributed by atoms with Gasteiger partial charge in [0.15, 0.2) is 0 Å². The molecule has 23 heavy (non-hydrogen) atoms. The molecular formula is C14H23NO7Si. The minimum Gasteiger partial charge on any atom is -0.497 e. The number of nitro groups is 1.